The molecule has 0 aliphatic heterocycles. The molecule has 0 aromatic carbocycles. The lowest BCUT2D eigenvalue weighted by atomic mass is 10.1. The second-order valence-corrected chi connectivity index (χ2v) is 4.88. The Morgan fingerprint density at radius 1 is 1.50 bits per heavy atom. The van der Waals surface area contributed by atoms with E-state index in [0.717, 1.165) is 22.9 Å². The lowest BCUT2D eigenvalue weighted by Gasteiger charge is -2.19. The van der Waals surface area contributed by atoms with Crippen molar-refractivity contribution >= 4 is 24.0 Å². The Morgan fingerprint density at radius 2 is 2.10 bits per heavy atom. The van der Waals surface area contributed by atoms with E-state index in [4.69, 9.17) is 5.73 Å². The second-order valence-electron chi connectivity index (χ2n) is 4.88. The molecular formula is C11H17ClN4O4. The minimum atomic E-state index is -0.628. The number of nitrogens with one attached hydrogen (secondary N) is 1. The van der Waals surface area contributed by atoms with Crippen LogP contribution < -0.4 is 16.6 Å². The summed E-state index contributed by atoms with van der Waals surface area (Å²) < 4.78 is 0.983. The largest absolute Gasteiger partial charge is 0.353 e. The number of nitrogens with zero attached hydrogens (tertiary/aromatic N) is 2. The van der Waals surface area contributed by atoms with Gasteiger partial charge < -0.3 is 11.1 Å². The summed E-state index contributed by atoms with van der Waals surface area (Å²) in [5.41, 5.74) is 4.41. The number of pyridine rings is 1. The minimum Gasteiger partial charge on any atom is -0.353 e. The molecule has 0 unspecified atom stereocenters. The molecule has 0 aliphatic carbocycles. The first-order valence-electron chi connectivity index (χ1n) is 5.59. The van der Waals surface area contributed by atoms with Crippen molar-refractivity contribution in [2.75, 3.05) is 6.54 Å². The summed E-state index contributed by atoms with van der Waals surface area (Å²) in [7, 11) is 0. The summed E-state index contributed by atoms with van der Waals surface area (Å²) in [6.45, 7) is 3.45. The van der Waals surface area contributed by atoms with Crippen LogP contribution in [0.15, 0.2) is 23.1 Å². The molecule has 1 aromatic rings. The Kier molecular flexibility index (Phi) is 6.34. The lowest BCUT2D eigenvalue weighted by Crippen LogP contribution is -2.46. The van der Waals surface area contributed by atoms with Gasteiger partial charge in [-0.2, -0.15) is 0 Å². The van der Waals surface area contributed by atoms with E-state index in [1.54, 1.807) is 13.8 Å². The Hall–Kier alpha value is -1.93. The predicted molar refractivity (Wildman–Crippen MR) is 75.9 cm³/mol. The van der Waals surface area contributed by atoms with Crippen molar-refractivity contribution in [3.05, 3.63) is 38.8 Å². The molecule has 1 heterocycles. The molecule has 1 amide bonds. The third-order valence-electron chi connectivity index (χ3n) is 2.23. The van der Waals surface area contributed by atoms with Gasteiger partial charge in [0.15, 0.2) is 0 Å². The van der Waals surface area contributed by atoms with Crippen LogP contribution in [-0.4, -0.2) is 27.5 Å². The van der Waals surface area contributed by atoms with Crippen LogP contribution in [0.2, 0.25) is 0 Å². The zero-order chi connectivity index (χ0) is 14.6. The van der Waals surface area contributed by atoms with E-state index in [0.29, 0.717) is 0 Å². The smallest absolute Gasteiger partial charge is 0.285 e. The van der Waals surface area contributed by atoms with Gasteiger partial charge in [0.25, 0.3) is 11.2 Å². The van der Waals surface area contributed by atoms with E-state index >= 15 is 0 Å². The number of carbonyl (C=O) groups excluding carboxylic acids is 1. The highest BCUT2D eigenvalue weighted by Gasteiger charge is 2.14. The highest BCUT2D eigenvalue weighted by molar-refractivity contribution is 5.85. The topological polar surface area (TPSA) is 120 Å². The van der Waals surface area contributed by atoms with Crippen LogP contribution >= 0.6 is 12.4 Å². The van der Waals surface area contributed by atoms with Crippen LogP contribution in [-0.2, 0) is 11.3 Å². The molecule has 0 saturated carbocycles. The summed E-state index contributed by atoms with van der Waals surface area (Å²) in [5, 5.41) is 13.1. The number of nitrogens with two attached hydrogens (primary N) is 1. The molecule has 0 spiro atoms. The fourth-order valence-electron chi connectivity index (χ4n) is 1.29. The molecule has 0 aliphatic rings. The number of hydrogen-bond acceptors (Lipinski definition) is 5. The number of hydrogen-bond donors (Lipinski definition) is 2. The van der Waals surface area contributed by atoms with Crippen LogP contribution in [0.1, 0.15) is 13.8 Å². The quantitative estimate of drug-likeness (QED) is 0.587. The molecule has 1 aromatic heterocycles. The summed E-state index contributed by atoms with van der Waals surface area (Å²) >= 11 is 0. The van der Waals surface area contributed by atoms with Crippen LogP contribution in [0.4, 0.5) is 5.69 Å². The van der Waals surface area contributed by atoms with E-state index < -0.39 is 21.9 Å². The van der Waals surface area contributed by atoms with Crippen molar-refractivity contribution < 1.29 is 9.72 Å². The Labute approximate surface area is 121 Å². The third-order valence-corrected chi connectivity index (χ3v) is 2.23. The van der Waals surface area contributed by atoms with Gasteiger partial charge in [0.2, 0.25) is 5.91 Å². The number of amides is 1. The molecular weight excluding hydrogens is 288 g/mol. The first-order valence-corrected chi connectivity index (χ1v) is 5.59. The van der Waals surface area contributed by atoms with Gasteiger partial charge in [-0.05, 0) is 13.8 Å². The molecule has 0 radical (unpaired) electrons. The van der Waals surface area contributed by atoms with Gasteiger partial charge in [0.05, 0.1) is 11.1 Å². The number of rotatable bonds is 5. The molecule has 20 heavy (non-hydrogen) atoms. The predicted octanol–water partition coefficient (Wildman–Crippen LogP) is 0.0318. The van der Waals surface area contributed by atoms with E-state index in [1.807, 2.05) is 0 Å². The molecule has 0 fully saturated rings. The van der Waals surface area contributed by atoms with E-state index in [-0.39, 0.29) is 31.2 Å². The van der Waals surface area contributed by atoms with Gasteiger partial charge in [-0.3, -0.25) is 24.3 Å². The first kappa shape index (κ1) is 18.1. The fourth-order valence-corrected chi connectivity index (χ4v) is 1.29. The average Bonchev–Trinajstić information content (AvgIpc) is 2.28. The first-order chi connectivity index (χ1) is 8.69. The number of nitro groups is 1. The SMILES string of the molecule is CC(C)(N)CNC(=O)Cn1cc([N+](=O)[O-])ccc1=O.Cl. The zero-order valence-electron chi connectivity index (χ0n) is 11.2. The highest BCUT2D eigenvalue weighted by Crippen LogP contribution is 2.06. The summed E-state index contributed by atoms with van der Waals surface area (Å²) in [5.74, 6) is -0.430. The lowest BCUT2D eigenvalue weighted by molar-refractivity contribution is -0.385. The Balaban J connectivity index is 0.00000361. The standard InChI is InChI=1S/C11H16N4O4.ClH/c1-11(2,12)7-13-9(16)6-14-5-8(15(18)19)3-4-10(14)17;/h3-5H,6-7,12H2,1-2H3,(H,13,16);1H. The summed E-state index contributed by atoms with van der Waals surface area (Å²) in [6.07, 6.45) is 1.04. The van der Waals surface area contributed by atoms with Crippen LogP contribution in [0.25, 0.3) is 0 Å². The van der Waals surface area contributed by atoms with Crippen molar-refractivity contribution in [2.24, 2.45) is 5.73 Å². The van der Waals surface area contributed by atoms with Crippen molar-refractivity contribution in [3.8, 4) is 0 Å². The Morgan fingerprint density at radius 3 is 2.60 bits per heavy atom. The normalized spacial score (nSPS) is 10.6. The molecule has 0 atom stereocenters. The molecule has 9 heteroatoms. The highest BCUT2D eigenvalue weighted by atomic mass is 35.5. The molecule has 3 N–H and O–H groups in total. The van der Waals surface area contributed by atoms with E-state index in [2.05, 4.69) is 5.32 Å². The summed E-state index contributed by atoms with van der Waals surface area (Å²) in [6, 6.07) is 2.15. The van der Waals surface area contributed by atoms with Crippen LogP contribution in [0.3, 0.4) is 0 Å². The van der Waals surface area contributed by atoms with Crippen LogP contribution in [0, 0.1) is 10.1 Å². The Bertz CT molecular complexity index is 550. The van der Waals surface area contributed by atoms with Gasteiger partial charge in [0.1, 0.15) is 6.54 Å². The van der Waals surface area contributed by atoms with Gasteiger partial charge in [-0.25, -0.2) is 0 Å². The minimum absolute atomic E-state index is 0. The van der Waals surface area contributed by atoms with E-state index in [1.165, 1.54) is 0 Å². The van der Waals surface area contributed by atoms with Gasteiger partial charge >= 0.3 is 0 Å². The van der Waals surface area contributed by atoms with Gasteiger partial charge in [0, 0.05) is 24.2 Å². The second kappa shape index (κ2) is 7.01. The maximum atomic E-state index is 11.6. The maximum absolute atomic E-state index is 11.6. The van der Waals surface area contributed by atoms with Gasteiger partial charge in [-0.15, -0.1) is 12.4 Å². The van der Waals surface area contributed by atoms with Crippen molar-refractivity contribution in [3.63, 3.8) is 0 Å². The van der Waals surface area contributed by atoms with Crippen LogP contribution in [0.5, 0.6) is 0 Å². The van der Waals surface area contributed by atoms with Crippen molar-refractivity contribution in [1.82, 2.24) is 9.88 Å². The number of halogens is 1. The molecule has 1 rings (SSSR count). The average molecular weight is 305 g/mol. The molecule has 0 bridgehead atoms. The zero-order valence-corrected chi connectivity index (χ0v) is 12.0. The van der Waals surface area contributed by atoms with Crippen molar-refractivity contribution in [1.29, 1.82) is 0 Å². The molecule has 0 saturated heterocycles. The molecule has 112 valence electrons. The number of aromatic nitrogens is 1. The molecule has 8 nitrogen and oxygen atoms in total. The fraction of sp³-hybridized carbons (Fsp3) is 0.455. The maximum Gasteiger partial charge on any atom is 0.285 e. The monoisotopic (exact) mass is 304 g/mol. The summed E-state index contributed by atoms with van der Waals surface area (Å²) in [4.78, 5) is 33.0. The van der Waals surface area contributed by atoms with E-state index in [9.17, 15) is 19.7 Å². The van der Waals surface area contributed by atoms with Crippen molar-refractivity contribution in [2.45, 2.75) is 25.9 Å². The van der Waals surface area contributed by atoms with Gasteiger partial charge in [-0.1, -0.05) is 0 Å². The third kappa shape index (κ3) is 5.81. The number of carbonyl (C=O) groups is 1.